The molecule has 0 aliphatic rings. The van der Waals surface area contributed by atoms with Crippen LogP contribution in [0.4, 0.5) is 0 Å². The summed E-state index contributed by atoms with van der Waals surface area (Å²) in [7, 11) is 1.50. The summed E-state index contributed by atoms with van der Waals surface area (Å²) in [5.74, 6) is -0.791. The lowest BCUT2D eigenvalue weighted by Crippen LogP contribution is -2.25. The smallest absolute Gasteiger partial charge is 0.335 e. The molecular weight excluding hydrogens is 508 g/mol. The van der Waals surface area contributed by atoms with Gasteiger partial charge in [-0.3, -0.25) is 4.79 Å². The summed E-state index contributed by atoms with van der Waals surface area (Å²) in [6.07, 6.45) is 1.29. The van der Waals surface area contributed by atoms with Gasteiger partial charge in [0.1, 0.15) is 23.2 Å². The Hall–Kier alpha value is -4.01. The number of aromatic nitrogens is 1. The van der Waals surface area contributed by atoms with Crippen molar-refractivity contribution in [2.75, 3.05) is 13.7 Å². The van der Waals surface area contributed by atoms with E-state index in [0.29, 0.717) is 32.8 Å². The third-order valence-corrected chi connectivity index (χ3v) is 5.56. The molecule has 3 aromatic rings. The number of rotatable bonds is 9. The monoisotopic (exact) mass is 526 g/mol. The van der Waals surface area contributed by atoms with Crippen molar-refractivity contribution in [2.45, 2.75) is 13.5 Å². The number of amides is 1. The highest BCUT2D eigenvalue weighted by Crippen LogP contribution is 2.30. The van der Waals surface area contributed by atoms with Crippen molar-refractivity contribution in [3.05, 3.63) is 69.0 Å². The number of benzene rings is 1. The minimum atomic E-state index is -1.04. The van der Waals surface area contributed by atoms with E-state index in [1.807, 2.05) is 6.07 Å². The van der Waals surface area contributed by atoms with Crippen LogP contribution in [0.15, 0.2) is 50.4 Å². The Labute approximate surface area is 202 Å². The second-order valence-corrected chi connectivity index (χ2v) is 7.68. The predicted molar refractivity (Wildman–Crippen MR) is 124 cm³/mol. The van der Waals surface area contributed by atoms with Gasteiger partial charge < -0.3 is 19.0 Å². The van der Waals surface area contributed by atoms with E-state index in [-0.39, 0.29) is 23.6 Å². The van der Waals surface area contributed by atoms with Gasteiger partial charge in [0.25, 0.3) is 5.91 Å². The van der Waals surface area contributed by atoms with Crippen molar-refractivity contribution in [3.8, 4) is 23.3 Å². The van der Waals surface area contributed by atoms with Crippen LogP contribution in [0.2, 0.25) is 0 Å². The lowest BCUT2D eigenvalue weighted by molar-refractivity contribution is -0.123. The SMILES string of the molecule is COCc1c(Br)c(C)nc(OCC(=O)N/N=C/c2ccc(-c3cccc(C(=O)O)c3)o2)c1C#N. The summed E-state index contributed by atoms with van der Waals surface area (Å²) in [4.78, 5) is 27.5. The number of nitrogens with one attached hydrogen (secondary N) is 1. The lowest BCUT2D eigenvalue weighted by atomic mass is 10.1. The fraction of sp³-hybridized carbons (Fsp3) is 0.174. The van der Waals surface area contributed by atoms with Crippen molar-refractivity contribution in [2.24, 2.45) is 5.10 Å². The van der Waals surface area contributed by atoms with Gasteiger partial charge in [-0.2, -0.15) is 10.4 Å². The van der Waals surface area contributed by atoms with Crippen LogP contribution in [0, 0.1) is 18.3 Å². The molecule has 0 aliphatic heterocycles. The molecule has 2 heterocycles. The summed E-state index contributed by atoms with van der Waals surface area (Å²) >= 11 is 3.39. The number of carbonyl (C=O) groups excluding carboxylic acids is 1. The van der Waals surface area contributed by atoms with E-state index in [2.05, 4.69) is 31.4 Å². The molecule has 11 heteroatoms. The number of aromatic carboxylic acids is 1. The van der Waals surface area contributed by atoms with Gasteiger partial charge in [0.2, 0.25) is 5.88 Å². The number of nitriles is 1. The molecule has 1 aromatic carbocycles. The Balaban J connectivity index is 1.61. The number of carboxylic acids is 1. The van der Waals surface area contributed by atoms with Crippen molar-refractivity contribution >= 4 is 34.0 Å². The summed E-state index contributed by atoms with van der Waals surface area (Å²) in [5.41, 5.74) is 4.37. The molecule has 2 N–H and O–H groups in total. The molecule has 0 aliphatic carbocycles. The number of ether oxygens (including phenoxy) is 2. The largest absolute Gasteiger partial charge is 0.478 e. The van der Waals surface area contributed by atoms with Gasteiger partial charge in [-0.15, -0.1) is 0 Å². The Bertz CT molecular complexity index is 1300. The zero-order valence-corrected chi connectivity index (χ0v) is 19.7. The standard InChI is InChI=1S/C23H19BrN4O6/c1-13-21(24)18(11-32-2)17(9-25)22(27-13)33-12-20(29)28-26-10-16-6-7-19(34-16)14-4-3-5-15(8-14)23(30)31/h3-8,10H,11-12H2,1-2H3,(H,28,29)(H,30,31)/b26-10+. The Morgan fingerprint density at radius 1 is 1.35 bits per heavy atom. The number of halogens is 1. The number of furan rings is 1. The van der Waals surface area contributed by atoms with Crippen LogP contribution in [0.3, 0.4) is 0 Å². The van der Waals surface area contributed by atoms with E-state index in [0.717, 1.165) is 0 Å². The first-order valence-electron chi connectivity index (χ1n) is 9.80. The molecule has 2 aromatic heterocycles. The fourth-order valence-electron chi connectivity index (χ4n) is 2.93. The maximum absolute atomic E-state index is 12.1. The highest BCUT2D eigenvalue weighted by molar-refractivity contribution is 9.10. The highest BCUT2D eigenvalue weighted by atomic mass is 79.9. The fourth-order valence-corrected chi connectivity index (χ4v) is 3.33. The lowest BCUT2D eigenvalue weighted by Gasteiger charge is -2.13. The predicted octanol–water partition coefficient (Wildman–Crippen LogP) is 3.66. The molecule has 174 valence electrons. The van der Waals surface area contributed by atoms with E-state index in [1.54, 1.807) is 31.2 Å². The third kappa shape index (κ3) is 5.86. The van der Waals surface area contributed by atoms with Gasteiger partial charge in [0, 0.05) is 22.7 Å². The molecule has 3 rings (SSSR count). The van der Waals surface area contributed by atoms with Crippen LogP contribution >= 0.6 is 15.9 Å². The summed E-state index contributed by atoms with van der Waals surface area (Å²) < 4.78 is 16.8. The molecule has 0 atom stereocenters. The number of pyridine rings is 1. The van der Waals surface area contributed by atoms with Crippen molar-refractivity contribution in [3.63, 3.8) is 0 Å². The molecule has 0 unspecified atom stereocenters. The van der Waals surface area contributed by atoms with Crippen LogP contribution in [-0.2, 0) is 16.1 Å². The maximum atomic E-state index is 12.1. The van der Waals surface area contributed by atoms with Gasteiger partial charge in [0.05, 0.1) is 24.1 Å². The molecule has 0 radical (unpaired) electrons. The first-order valence-corrected chi connectivity index (χ1v) is 10.6. The van der Waals surface area contributed by atoms with Gasteiger partial charge in [0.15, 0.2) is 6.61 Å². The molecular formula is C23H19BrN4O6. The minimum Gasteiger partial charge on any atom is -0.478 e. The van der Waals surface area contributed by atoms with Crippen LogP contribution in [0.5, 0.6) is 5.88 Å². The van der Waals surface area contributed by atoms with E-state index in [1.165, 1.54) is 25.5 Å². The first kappa shape index (κ1) is 24.6. The third-order valence-electron chi connectivity index (χ3n) is 4.51. The van der Waals surface area contributed by atoms with E-state index in [4.69, 9.17) is 19.0 Å². The van der Waals surface area contributed by atoms with E-state index in [9.17, 15) is 14.9 Å². The van der Waals surface area contributed by atoms with Crippen LogP contribution in [0.1, 0.15) is 32.9 Å². The number of methoxy groups -OCH3 is 1. The topological polar surface area (TPSA) is 147 Å². The Morgan fingerprint density at radius 2 is 2.15 bits per heavy atom. The molecule has 0 saturated heterocycles. The molecule has 0 spiro atoms. The van der Waals surface area contributed by atoms with Crippen LogP contribution in [-0.4, -0.2) is 41.9 Å². The minimum absolute atomic E-state index is 0.0219. The van der Waals surface area contributed by atoms with Crippen LogP contribution in [0.25, 0.3) is 11.3 Å². The number of aryl methyl sites for hydroxylation is 1. The average molecular weight is 527 g/mol. The number of hydrogen-bond donors (Lipinski definition) is 2. The maximum Gasteiger partial charge on any atom is 0.335 e. The van der Waals surface area contributed by atoms with E-state index >= 15 is 0 Å². The number of hydrazone groups is 1. The van der Waals surface area contributed by atoms with Crippen molar-refractivity contribution < 1.29 is 28.6 Å². The molecule has 0 bridgehead atoms. The second-order valence-electron chi connectivity index (χ2n) is 6.88. The summed E-state index contributed by atoms with van der Waals surface area (Å²) in [6, 6.07) is 11.6. The van der Waals surface area contributed by atoms with Gasteiger partial charge in [-0.05, 0) is 47.1 Å². The van der Waals surface area contributed by atoms with Gasteiger partial charge >= 0.3 is 5.97 Å². The quantitative estimate of drug-likeness (QED) is 0.317. The molecule has 1 amide bonds. The first-order chi connectivity index (χ1) is 16.3. The number of nitrogens with zero attached hydrogens (tertiary/aromatic N) is 3. The number of hydrogen-bond acceptors (Lipinski definition) is 8. The van der Waals surface area contributed by atoms with Crippen molar-refractivity contribution in [1.82, 2.24) is 10.4 Å². The second kappa shape index (κ2) is 11.2. The molecule has 0 saturated carbocycles. The summed E-state index contributed by atoms with van der Waals surface area (Å²) in [5, 5.41) is 22.4. The zero-order chi connectivity index (χ0) is 24.7. The van der Waals surface area contributed by atoms with Crippen molar-refractivity contribution in [1.29, 1.82) is 5.26 Å². The number of carbonyl (C=O) groups is 2. The Kier molecular flexibility index (Phi) is 8.13. The average Bonchev–Trinajstić information content (AvgIpc) is 3.30. The molecule has 10 nitrogen and oxygen atoms in total. The zero-order valence-electron chi connectivity index (χ0n) is 18.2. The number of carboxylic acid groups (broad SMARTS) is 1. The summed E-state index contributed by atoms with van der Waals surface area (Å²) in [6.45, 7) is 1.49. The molecule has 0 fully saturated rings. The Morgan fingerprint density at radius 3 is 2.85 bits per heavy atom. The highest BCUT2D eigenvalue weighted by Gasteiger charge is 2.18. The normalized spacial score (nSPS) is 10.8. The molecule has 34 heavy (non-hydrogen) atoms. The van der Waals surface area contributed by atoms with E-state index < -0.39 is 18.5 Å². The van der Waals surface area contributed by atoms with Crippen LogP contribution < -0.4 is 10.2 Å². The van der Waals surface area contributed by atoms with Gasteiger partial charge in [-0.1, -0.05) is 12.1 Å². The van der Waals surface area contributed by atoms with Gasteiger partial charge in [-0.25, -0.2) is 15.2 Å².